The molecule has 0 fully saturated rings. The lowest BCUT2D eigenvalue weighted by Crippen LogP contribution is -2.08. The fourth-order valence-electron chi connectivity index (χ4n) is 1.53. The molecule has 0 aliphatic heterocycles. The molecule has 20 heavy (non-hydrogen) atoms. The van der Waals surface area contributed by atoms with Crippen molar-refractivity contribution in [3.05, 3.63) is 40.8 Å². The molecular weight excluding hydrogens is 316 g/mol. The summed E-state index contributed by atoms with van der Waals surface area (Å²) in [7, 11) is 0.788. The van der Waals surface area contributed by atoms with Crippen molar-refractivity contribution in [2.45, 2.75) is 0 Å². The normalized spacial score (nSPS) is 9.95. The van der Waals surface area contributed by atoms with Gasteiger partial charge in [-0.2, -0.15) is 4.98 Å². The number of hydrogen-bond acceptors (Lipinski definition) is 4. The third-order valence-electron chi connectivity index (χ3n) is 2.35. The van der Waals surface area contributed by atoms with Gasteiger partial charge in [-0.1, -0.05) is 37.7 Å². The van der Waals surface area contributed by atoms with Gasteiger partial charge in [0.15, 0.2) is 5.82 Å². The maximum Gasteiger partial charge on any atom is 0.224 e. The zero-order valence-electron chi connectivity index (χ0n) is 11.4. The summed E-state index contributed by atoms with van der Waals surface area (Å²) in [6.45, 7) is 4.40. The number of halogens is 2. The number of para-hydroxylation sites is 1. The highest BCUT2D eigenvalue weighted by molar-refractivity contribution is 7.64. The van der Waals surface area contributed by atoms with Gasteiger partial charge in [-0.05, 0) is 36.3 Å². The number of aliphatic hydroxyl groups is 1. The molecule has 0 radical (unpaired) electrons. The Hall–Kier alpha value is -0.930. The van der Waals surface area contributed by atoms with Crippen LogP contribution in [0.3, 0.4) is 0 Å². The summed E-state index contributed by atoms with van der Waals surface area (Å²) in [6, 6.07) is 8.10. The molecule has 0 atom stereocenters. The van der Waals surface area contributed by atoms with E-state index in [2.05, 4.69) is 34.7 Å². The van der Waals surface area contributed by atoms with Crippen molar-refractivity contribution in [2.24, 2.45) is 0 Å². The van der Waals surface area contributed by atoms with Crippen LogP contribution < -0.4 is 10.6 Å². The van der Waals surface area contributed by atoms with Crippen LogP contribution in [0.15, 0.2) is 30.5 Å². The quantitative estimate of drug-likeness (QED) is 0.667. The molecule has 0 aliphatic carbocycles. The third kappa shape index (κ3) is 4.57. The summed E-state index contributed by atoms with van der Waals surface area (Å²) < 4.78 is 0. The first-order valence-corrected chi connectivity index (χ1v) is 8.73. The minimum absolute atomic E-state index is 0.176. The van der Waals surface area contributed by atoms with Crippen molar-refractivity contribution in [3.63, 3.8) is 0 Å². The molecule has 7 heteroatoms. The summed E-state index contributed by atoms with van der Waals surface area (Å²) in [6.07, 6.45) is 1.49. The van der Waals surface area contributed by atoms with E-state index in [0.717, 1.165) is 12.8 Å². The van der Waals surface area contributed by atoms with E-state index in [4.69, 9.17) is 28.3 Å². The summed E-state index contributed by atoms with van der Waals surface area (Å²) in [5.41, 5.74) is 1.00. The SMILES string of the molecule is CO.CP(C)c1ccccc1Nc1nc(Cl)ncc1Cl. The molecule has 1 aromatic carbocycles. The average Bonchev–Trinajstić information content (AvgIpc) is 2.45. The van der Waals surface area contributed by atoms with Crippen LogP contribution in [0.1, 0.15) is 0 Å². The molecule has 1 aromatic heterocycles. The number of benzene rings is 1. The zero-order chi connectivity index (χ0) is 15.1. The van der Waals surface area contributed by atoms with Crippen LogP contribution in [0, 0.1) is 0 Å². The fraction of sp³-hybridized carbons (Fsp3) is 0.231. The number of nitrogens with one attached hydrogen (secondary N) is 1. The van der Waals surface area contributed by atoms with Crippen molar-refractivity contribution in [1.29, 1.82) is 0 Å². The standard InChI is InChI=1S/C12H12Cl2N3P.CH4O/c1-18(2)10-6-4-3-5-9(10)16-11-8(13)7-15-12(14)17-11;1-2/h3-7H,1-2H3,(H,15,16,17);2H,1H3. The van der Waals surface area contributed by atoms with E-state index in [-0.39, 0.29) is 13.2 Å². The molecule has 2 aromatic rings. The zero-order valence-corrected chi connectivity index (χ0v) is 13.8. The molecule has 2 rings (SSSR count). The number of hydrogen-bond donors (Lipinski definition) is 2. The van der Waals surface area contributed by atoms with Crippen molar-refractivity contribution in [3.8, 4) is 0 Å². The van der Waals surface area contributed by atoms with Gasteiger partial charge < -0.3 is 10.4 Å². The van der Waals surface area contributed by atoms with Crippen LogP contribution in [-0.4, -0.2) is 35.5 Å². The van der Waals surface area contributed by atoms with Gasteiger partial charge in [0.2, 0.25) is 5.28 Å². The van der Waals surface area contributed by atoms with Crippen LogP contribution >= 0.6 is 31.1 Å². The molecule has 0 saturated heterocycles. The lowest BCUT2D eigenvalue weighted by atomic mass is 10.3. The monoisotopic (exact) mass is 331 g/mol. The maximum absolute atomic E-state index is 7.00. The second kappa shape index (κ2) is 8.38. The first-order valence-electron chi connectivity index (χ1n) is 5.74. The van der Waals surface area contributed by atoms with Gasteiger partial charge in [-0.15, -0.1) is 0 Å². The largest absolute Gasteiger partial charge is 0.400 e. The average molecular weight is 332 g/mol. The smallest absolute Gasteiger partial charge is 0.224 e. The third-order valence-corrected chi connectivity index (χ3v) is 4.17. The van der Waals surface area contributed by atoms with Crippen LogP contribution in [0.4, 0.5) is 11.5 Å². The second-order valence-corrected chi connectivity index (χ2v) is 6.89. The summed E-state index contributed by atoms with van der Waals surface area (Å²) >= 11 is 11.8. The topological polar surface area (TPSA) is 58.0 Å². The summed E-state index contributed by atoms with van der Waals surface area (Å²) in [5, 5.41) is 12.1. The van der Waals surface area contributed by atoms with Crippen molar-refractivity contribution < 1.29 is 5.11 Å². The predicted molar refractivity (Wildman–Crippen MR) is 88.3 cm³/mol. The summed E-state index contributed by atoms with van der Waals surface area (Å²) in [4.78, 5) is 7.91. The number of nitrogens with zero attached hydrogens (tertiary/aromatic N) is 2. The Labute approximate surface area is 129 Å². The van der Waals surface area contributed by atoms with Crippen LogP contribution in [0.5, 0.6) is 0 Å². The summed E-state index contributed by atoms with van der Waals surface area (Å²) in [5.74, 6) is 0.529. The van der Waals surface area contributed by atoms with Gasteiger partial charge in [-0.3, -0.25) is 0 Å². The van der Waals surface area contributed by atoms with E-state index in [9.17, 15) is 0 Å². The predicted octanol–water partition coefficient (Wildman–Crippen LogP) is 3.50. The van der Waals surface area contributed by atoms with Crippen LogP contribution in [0.25, 0.3) is 0 Å². The van der Waals surface area contributed by atoms with E-state index >= 15 is 0 Å². The van der Waals surface area contributed by atoms with Gasteiger partial charge in [0.25, 0.3) is 0 Å². The Kier molecular flexibility index (Phi) is 7.17. The molecule has 0 aliphatic rings. The minimum Gasteiger partial charge on any atom is -0.400 e. The van der Waals surface area contributed by atoms with E-state index in [1.165, 1.54) is 11.5 Å². The number of rotatable bonds is 3. The highest BCUT2D eigenvalue weighted by Crippen LogP contribution is 2.30. The van der Waals surface area contributed by atoms with E-state index < -0.39 is 0 Å². The van der Waals surface area contributed by atoms with E-state index in [0.29, 0.717) is 10.8 Å². The lowest BCUT2D eigenvalue weighted by molar-refractivity contribution is 0.399. The molecule has 108 valence electrons. The highest BCUT2D eigenvalue weighted by Gasteiger charge is 2.09. The van der Waals surface area contributed by atoms with Crippen LogP contribution in [-0.2, 0) is 0 Å². The number of aromatic nitrogens is 2. The first kappa shape index (κ1) is 17.1. The van der Waals surface area contributed by atoms with Gasteiger partial charge in [0, 0.05) is 12.8 Å². The molecule has 0 bridgehead atoms. The van der Waals surface area contributed by atoms with Gasteiger partial charge in [0.05, 0.1) is 6.20 Å². The lowest BCUT2D eigenvalue weighted by Gasteiger charge is -2.14. The minimum atomic E-state index is -0.212. The molecule has 0 saturated carbocycles. The van der Waals surface area contributed by atoms with E-state index in [1.807, 2.05) is 18.2 Å². The molecule has 0 unspecified atom stereocenters. The van der Waals surface area contributed by atoms with Crippen molar-refractivity contribution in [1.82, 2.24) is 9.97 Å². The molecular formula is C13H16Cl2N3OP. The van der Waals surface area contributed by atoms with Gasteiger partial charge in [0.1, 0.15) is 5.02 Å². The van der Waals surface area contributed by atoms with E-state index in [1.54, 1.807) is 0 Å². The Bertz CT molecular complexity index is 567. The Morgan fingerprint density at radius 3 is 2.45 bits per heavy atom. The Balaban J connectivity index is 0.000000956. The van der Waals surface area contributed by atoms with Crippen molar-refractivity contribution in [2.75, 3.05) is 25.8 Å². The van der Waals surface area contributed by atoms with Gasteiger partial charge >= 0.3 is 0 Å². The molecule has 0 spiro atoms. The number of anilines is 2. The number of aliphatic hydroxyl groups excluding tert-OH is 1. The fourth-order valence-corrected chi connectivity index (χ4v) is 2.80. The molecule has 4 nitrogen and oxygen atoms in total. The Morgan fingerprint density at radius 1 is 1.15 bits per heavy atom. The Morgan fingerprint density at radius 2 is 1.80 bits per heavy atom. The molecule has 0 amide bonds. The van der Waals surface area contributed by atoms with Crippen LogP contribution in [0.2, 0.25) is 10.3 Å². The van der Waals surface area contributed by atoms with Crippen molar-refractivity contribution >= 4 is 47.9 Å². The van der Waals surface area contributed by atoms with Gasteiger partial charge in [-0.25, -0.2) is 4.98 Å². The first-order chi connectivity index (χ1) is 9.58. The second-order valence-electron chi connectivity index (χ2n) is 3.87. The highest BCUT2D eigenvalue weighted by atomic mass is 35.5. The molecule has 1 heterocycles. The maximum atomic E-state index is 7.00. The molecule has 2 N–H and O–H groups in total.